The van der Waals surface area contributed by atoms with Crippen molar-refractivity contribution >= 4 is 28.3 Å². The number of nitrogens with zero attached hydrogens (tertiary/aromatic N) is 1. The number of nitrogens with two attached hydrogens (primary N) is 1. The van der Waals surface area contributed by atoms with Crippen LogP contribution in [0.2, 0.25) is 5.02 Å². The van der Waals surface area contributed by atoms with Gasteiger partial charge in [-0.05, 0) is 23.8 Å². The fourth-order valence-corrected chi connectivity index (χ4v) is 2.84. The molecule has 0 spiro atoms. The number of nitrogen functional groups attached to an aromatic ring is 1. The molecule has 5 heteroatoms. The van der Waals surface area contributed by atoms with Crippen LogP contribution < -0.4 is 10.5 Å². The van der Waals surface area contributed by atoms with Crippen molar-refractivity contribution in [1.29, 1.82) is 0 Å². The number of imidazole rings is 1. The van der Waals surface area contributed by atoms with Gasteiger partial charge in [-0.15, -0.1) is 0 Å². The van der Waals surface area contributed by atoms with Crippen LogP contribution in [0.25, 0.3) is 11.0 Å². The molecule has 20 heavy (non-hydrogen) atoms. The minimum Gasteiger partial charge on any atom is -0.482 e. The Morgan fingerprint density at radius 1 is 1.30 bits per heavy atom. The van der Waals surface area contributed by atoms with E-state index in [-0.39, 0.29) is 6.10 Å². The van der Waals surface area contributed by atoms with E-state index in [0.29, 0.717) is 10.7 Å². The number of hydrogen-bond donors (Lipinski definition) is 2. The van der Waals surface area contributed by atoms with Gasteiger partial charge in [0.25, 0.3) is 0 Å². The molecule has 3 aromatic rings. The highest BCUT2D eigenvalue weighted by molar-refractivity contribution is 6.31. The zero-order valence-corrected chi connectivity index (χ0v) is 11.3. The van der Waals surface area contributed by atoms with E-state index in [9.17, 15) is 0 Å². The Bertz CT molecular complexity index is 787. The van der Waals surface area contributed by atoms with E-state index >= 15 is 0 Å². The third kappa shape index (κ3) is 1.72. The molecule has 0 fully saturated rings. The average molecular weight is 286 g/mol. The van der Waals surface area contributed by atoms with Crippen molar-refractivity contribution in [2.24, 2.45) is 0 Å². The molecule has 0 radical (unpaired) electrons. The molecular formula is C15H12ClN3O. The molecule has 1 aliphatic rings. The first-order chi connectivity index (χ1) is 9.70. The fraction of sp³-hybridized carbons (Fsp3) is 0.133. The number of hydrogen-bond acceptors (Lipinski definition) is 3. The first-order valence-electron chi connectivity index (χ1n) is 6.40. The van der Waals surface area contributed by atoms with Crippen molar-refractivity contribution in [3.05, 3.63) is 52.8 Å². The van der Waals surface area contributed by atoms with Crippen LogP contribution in [0, 0.1) is 0 Å². The van der Waals surface area contributed by atoms with Crippen LogP contribution in [0.3, 0.4) is 0 Å². The number of para-hydroxylation sites is 1. The van der Waals surface area contributed by atoms with Crippen LogP contribution in [0.4, 0.5) is 5.69 Å². The Hall–Kier alpha value is -2.20. The lowest BCUT2D eigenvalue weighted by molar-refractivity contribution is 0.229. The number of anilines is 1. The van der Waals surface area contributed by atoms with Crippen molar-refractivity contribution in [2.75, 3.05) is 5.73 Å². The fourth-order valence-electron chi connectivity index (χ4n) is 2.61. The van der Waals surface area contributed by atoms with E-state index in [4.69, 9.17) is 22.1 Å². The molecule has 4 nitrogen and oxygen atoms in total. The quantitative estimate of drug-likeness (QED) is 0.673. The van der Waals surface area contributed by atoms with E-state index < -0.39 is 0 Å². The Labute approximate surface area is 120 Å². The van der Waals surface area contributed by atoms with Gasteiger partial charge in [0, 0.05) is 11.4 Å². The maximum absolute atomic E-state index is 6.01. The molecule has 100 valence electrons. The van der Waals surface area contributed by atoms with Gasteiger partial charge in [-0.3, -0.25) is 0 Å². The number of aromatic nitrogens is 2. The number of nitrogens with one attached hydrogen (secondary N) is 1. The first-order valence-corrected chi connectivity index (χ1v) is 6.78. The maximum atomic E-state index is 6.01. The van der Waals surface area contributed by atoms with Gasteiger partial charge in [0.15, 0.2) is 6.10 Å². The van der Waals surface area contributed by atoms with Gasteiger partial charge in [-0.1, -0.05) is 29.8 Å². The highest BCUT2D eigenvalue weighted by Gasteiger charge is 2.26. The minimum atomic E-state index is -0.0991. The van der Waals surface area contributed by atoms with Gasteiger partial charge >= 0.3 is 0 Å². The van der Waals surface area contributed by atoms with Crippen LogP contribution in [-0.2, 0) is 6.42 Å². The van der Waals surface area contributed by atoms with Gasteiger partial charge < -0.3 is 15.5 Å². The molecule has 3 N–H and O–H groups in total. The van der Waals surface area contributed by atoms with E-state index in [0.717, 1.165) is 29.0 Å². The standard InChI is InChI=1S/C15H12ClN3O/c16-9-6-10(17)14-11(7-9)18-15(19-14)13-5-8-3-1-2-4-12(8)20-13/h1-4,6-7,13H,5,17H2,(H,18,19). The molecule has 0 aliphatic carbocycles. The Balaban J connectivity index is 1.76. The normalized spacial score (nSPS) is 17.1. The zero-order valence-electron chi connectivity index (χ0n) is 10.6. The van der Waals surface area contributed by atoms with Gasteiger partial charge in [-0.2, -0.15) is 0 Å². The summed E-state index contributed by atoms with van der Waals surface area (Å²) in [7, 11) is 0. The maximum Gasteiger partial charge on any atom is 0.160 e. The van der Waals surface area contributed by atoms with E-state index in [2.05, 4.69) is 16.0 Å². The Kier molecular flexibility index (Phi) is 2.41. The summed E-state index contributed by atoms with van der Waals surface area (Å²) in [6.07, 6.45) is 0.710. The molecule has 2 aromatic carbocycles. The molecule has 1 aromatic heterocycles. The van der Waals surface area contributed by atoms with Crippen LogP contribution >= 0.6 is 11.6 Å². The third-order valence-electron chi connectivity index (χ3n) is 3.55. The number of fused-ring (bicyclic) bond motifs is 2. The first kappa shape index (κ1) is 11.6. The second-order valence-corrected chi connectivity index (χ2v) is 5.37. The molecule has 4 rings (SSSR count). The number of aromatic amines is 1. The third-order valence-corrected chi connectivity index (χ3v) is 3.77. The molecule has 0 amide bonds. The second kappa shape index (κ2) is 4.15. The number of rotatable bonds is 1. The molecule has 1 atom stereocenters. The monoisotopic (exact) mass is 285 g/mol. The highest BCUT2D eigenvalue weighted by Crippen LogP contribution is 2.36. The largest absolute Gasteiger partial charge is 0.482 e. The number of H-pyrrole nitrogens is 1. The van der Waals surface area contributed by atoms with Crippen molar-refractivity contribution in [3.8, 4) is 5.75 Å². The van der Waals surface area contributed by atoms with Gasteiger partial charge in [0.2, 0.25) is 0 Å². The minimum absolute atomic E-state index is 0.0991. The highest BCUT2D eigenvalue weighted by atomic mass is 35.5. The Morgan fingerprint density at radius 3 is 3.00 bits per heavy atom. The lowest BCUT2D eigenvalue weighted by Crippen LogP contribution is -2.05. The lowest BCUT2D eigenvalue weighted by Gasteiger charge is -2.06. The molecule has 2 heterocycles. The van der Waals surface area contributed by atoms with Crippen molar-refractivity contribution in [2.45, 2.75) is 12.5 Å². The summed E-state index contributed by atoms with van der Waals surface area (Å²) in [5, 5.41) is 0.598. The molecule has 0 bridgehead atoms. The number of halogens is 1. The number of benzene rings is 2. The van der Waals surface area contributed by atoms with Gasteiger partial charge in [0.05, 0.1) is 11.2 Å². The van der Waals surface area contributed by atoms with Gasteiger partial charge in [0.1, 0.15) is 17.1 Å². The average Bonchev–Trinajstić information content (AvgIpc) is 3.01. The molecule has 0 saturated heterocycles. The summed E-state index contributed by atoms with van der Waals surface area (Å²) in [5.74, 6) is 1.70. The number of ether oxygens (including phenoxy) is 1. The van der Waals surface area contributed by atoms with Crippen molar-refractivity contribution in [3.63, 3.8) is 0 Å². The van der Waals surface area contributed by atoms with E-state index in [1.807, 2.05) is 24.3 Å². The summed E-state index contributed by atoms with van der Waals surface area (Å²) >= 11 is 6.01. The summed E-state index contributed by atoms with van der Waals surface area (Å²) < 4.78 is 5.93. The Morgan fingerprint density at radius 2 is 2.15 bits per heavy atom. The van der Waals surface area contributed by atoms with Crippen LogP contribution in [-0.4, -0.2) is 9.97 Å². The molecule has 1 unspecified atom stereocenters. The van der Waals surface area contributed by atoms with Crippen molar-refractivity contribution in [1.82, 2.24) is 9.97 Å². The SMILES string of the molecule is Nc1cc(Cl)cc2[nH]c(C3Cc4ccccc4O3)nc12. The summed E-state index contributed by atoms with van der Waals surface area (Å²) in [5.41, 5.74) is 9.30. The molecule has 1 aliphatic heterocycles. The smallest absolute Gasteiger partial charge is 0.160 e. The predicted octanol–water partition coefficient (Wildman–Crippen LogP) is 3.47. The summed E-state index contributed by atoms with van der Waals surface area (Å²) in [4.78, 5) is 7.81. The van der Waals surface area contributed by atoms with Crippen LogP contribution in [0.5, 0.6) is 5.75 Å². The predicted molar refractivity (Wildman–Crippen MR) is 79.0 cm³/mol. The van der Waals surface area contributed by atoms with Crippen LogP contribution in [0.1, 0.15) is 17.5 Å². The summed E-state index contributed by atoms with van der Waals surface area (Å²) in [6, 6.07) is 11.6. The van der Waals surface area contributed by atoms with E-state index in [1.54, 1.807) is 6.07 Å². The molecule has 0 saturated carbocycles. The molecular weight excluding hydrogens is 274 g/mol. The van der Waals surface area contributed by atoms with Crippen molar-refractivity contribution < 1.29 is 4.74 Å². The van der Waals surface area contributed by atoms with Gasteiger partial charge in [-0.25, -0.2) is 4.98 Å². The lowest BCUT2D eigenvalue weighted by atomic mass is 10.1. The zero-order chi connectivity index (χ0) is 13.7. The second-order valence-electron chi connectivity index (χ2n) is 4.93. The topological polar surface area (TPSA) is 63.9 Å². The van der Waals surface area contributed by atoms with Crippen LogP contribution in [0.15, 0.2) is 36.4 Å². The summed E-state index contributed by atoms with van der Waals surface area (Å²) in [6.45, 7) is 0. The van der Waals surface area contributed by atoms with E-state index in [1.165, 1.54) is 5.56 Å².